The third-order valence-corrected chi connectivity index (χ3v) is 5.83. The number of hydrogen-bond donors (Lipinski definition) is 0. The minimum atomic E-state index is 0. The molecule has 0 heterocycles. The lowest BCUT2D eigenvalue weighted by atomic mass is 9.95. The molecule has 1 heteroatoms. The zero-order valence-corrected chi connectivity index (χ0v) is 23.5. The quantitative estimate of drug-likeness (QED) is 0.131. The first-order valence-electron chi connectivity index (χ1n) is 13.3. The number of benzene rings is 5. The van der Waals surface area contributed by atoms with Crippen LogP contribution in [0.15, 0.2) is 116 Å². The second-order valence-electron chi connectivity index (χ2n) is 8.43. The Hall–Kier alpha value is -4.28. The van der Waals surface area contributed by atoms with E-state index >= 15 is 0 Å². The standard InChI is InChI=1S/C17H12O.C15H16.C3H6.C2H6.CH4/c1-2-9-18-17-8-7-15-10-13-5-3-4-6-14(13)11-16(15)12-17;1-3-13-9-5-7-11-15(13)14-10-6-4-8-12(14)2;1-3-2;1-2;/h1,3-8,10-12H,9H2;4-11H,3H2,1-2H3;3H,1H2,2H3;1-2H3;1H4. The first kappa shape index (κ1) is 32.7. The van der Waals surface area contributed by atoms with E-state index in [1.165, 1.54) is 43.8 Å². The summed E-state index contributed by atoms with van der Waals surface area (Å²) in [4.78, 5) is 0. The van der Waals surface area contributed by atoms with Crippen molar-refractivity contribution in [3.63, 3.8) is 0 Å². The maximum Gasteiger partial charge on any atom is 0.148 e. The fourth-order valence-electron chi connectivity index (χ4n) is 4.10. The number of rotatable bonds is 4. The molecule has 0 aliphatic rings. The first-order valence-corrected chi connectivity index (χ1v) is 13.3. The molecule has 202 valence electrons. The van der Waals surface area contributed by atoms with E-state index in [0.717, 1.165) is 12.2 Å². The molecule has 1 nitrogen and oxygen atoms in total. The summed E-state index contributed by atoms with van der Waals surface area (Å²) in [6.07, 6.45) is 8.03. The average Bonchev–Trinajstić information content (AvgIpc) is 2.97. The van der Waals surface area contributed by atoms with Crippen LogP contribution in [0.25, 0.3) is 32.7 Å². The highest BCUT2D eigenvalue weighted by molar-refractivity contribution is 5.98. The Morgan fingerprint density at radius 1 is 0.744 bits per heavy atom. The number of aryl methyl sites for hydroxylation is 2. The van der Waals surface area contributed by atoms with Crippen LogP contribution in [-0.2, 0) is 6.42 Å². The summed E-state index contributed by atoms with van der Waals surface area (Å²) in [5.41, 5.74) is 5.50. The van der Waals surface area contributed by atoms with Crippen LogP contribution < -0.4 is 4.74 Å². The van der Waals surface area contributed by atoms with E-state index in [-0.39, 0.29) is 7.43 Å². The lowest BCUT2D eigenvalue weighted by Gasteiger charge is -2.10. The molecule has 39 heavy (non-hydrogen) atoms. The number of hydrogen-bond acceptors (Lipinski definition) is 1. The highest BCUT2D eigenvalue weighted by Gasteiger charge is 2.04. The van der Waals surface area contributed by atoms with Gasteiger partial charge in [-0.15, -0.1) is 13.0 Å². The molecule has 0 aliphatic carbocycles. The van der Waals surface area contributed by atoms with Gasteiger partial charge < -0.3 is 4.74 Å². The first-order chi connectivity index (χ1) is 18.6. The molecular formula is C38H44O. The zero-order valence-electron chi connectivity index (χ0n) is 23.5. The molecule has 0 unspecified atom stereocenters. The molecule has 0 N–H and O–H groups in total. The largest absolute Gasteiger partial charge is 0.481 e. The molecule has 0 saturated carbocycles. The van der Waals surface area contributed by atoms with E-state index in [0.29, 0.717) is 6.61 Å². The molecule has 0 fully saturated rings. The normalized spacial score (nSPS) is 9.23. The minimum absolute atomic E-state index is 0. The molecule has 5 aromatic rings. The number of allylic oxidation sites excluding steroid dienone is 1. The summed E-state index contributed by atoms with van der Waals surface area (Å²) >= 11 is 0. The summed E-state index contributed by atoms with van der Waals surface area (Å²) < 4.78 is 5.44. The summed E-state index contributed by atoms with van der Waals surface area (Å²) in [5.74, 6) is 3.29. The fourth-order valence-corrected chi connectivity index (χ4v) is 4.10. The SMILES string of the molecule is C.C#CCOc1ccc2cc3ccccc3cc2c1.C=CC.CC.CCc1ccccc1-c1ccccc1C. The van der Waals surface area contributed by atoms with Gasteiger partial charge in [-0.3, -0.25) is 0 Å². The van der Waals surface area contributed by atoms with Crippen molar-refractivity contribution in [3.8, 4) is 29.2 Å². The maximum absolute atomic E-state index is 5.44. The number of fused-ring (bicyclic) bond motifs is 2. The van der Waals surface area contributed by atoms with Gasteiger partial charge in [-0.05, 0) is 88.3 Å². The van der Waals surface area contributed by atoms with Gasteiger partial charge in [0.2, 0.25) is 0 Å². The Morgan fingerprint density at radius 2 is 1.26 bits per heavy atom. The van der Waals surface area contributed by atoms with Crippen LogP contribution in [0.1, 0.15) is 46.2 Å². The monoisotopic (exact) mass is 516 g/mol. The van der Waals surface area contributed by atoms with E-state index in [4.69, 9.17) is 11.2 Å². The van der Waals surface area contributed by atoms with Crippen LogP contribution in [0.5, 0.6) is 5.75 Å². The lowest BCUT2D eigenvalue weighted by Crippen LogP contribution is -1.92. The van der Waals surface area contributed by atoms with E-state index in [2.05, 4.69) is 111 Å². The molecule has 5 rings (SSSR count). The topological polar surface area (TPSA) is 9.23 Å². The van der Waals surface area contributed by atoms with Crippen molar-refractivity contribution >= 4 is 21.5 Å². The molecule has 0 spiro atoms. The summed E-state index contributed by atoms with van der Waals surface area (Å²) in [5, 5.41) is 4.87. The van der Waals surface area contributed by atoms with Gasteiger partial charge in [0.25, 0.3) is 0 Å². The van der Waals surface area contributed by atoms with Crippen LogP contribution in [-0.4, -0.2) is 6.61 Å². The van der Waals surface area contributed by atoms with Gasteiger partial charge in [0.05, 0.1) is 0 Å². The second-order valence-corrected chi connectivity index (χ2v) is 8.43. The number of ether oxygens (including phenoxy) is 1. The average molecular weight is 517 g/mol. The third kappa shape index (κ3) is 9.51. The van der Waals surface area contributed by atoms with Gasteiger partial charge in [-0.25, -0.2) is 0 Å². The molecule has 0 aromatic heterocycles. The van der Waals surface area contributed by atoms with Crippen LogP contribution in [0.4, 0.5) is 0 Å². The predicted molar refractivity (Wildman–Crippen MR) is 176 cm³/mol. The van der Waals surface area contributed by atoms with Crippen molar-refractivity contribution in [1.82, 2.24) is 0 Å². The smallest absolute Gasteiger partial charge is 0.148 e. The van der Waals surface area contributed by atoms with E-state index in [9.17, 15) is 0 Å². The molecular weight excluding hydrogens is 472 g/mol. The molecule has 0 aliphatic heterocycles. The third-order valence-electron chi connectivity index (χ3n) is 5.83. The van der Waals surface area contributed by atoms with E-state index in [1.807, 2.05) is 39.0 Å². The van der Waals surface area contributed by atoms with Crippen LogP contribution in [0.2, 0.25) is 0 Å². The van der Waals surface area contributed by atoms with E-state index in [1.54, 1.807) is 6.08 Å². The Kier molecular flexibility index (Phi) is 15.2. The van der Waals surface area contributed by atoms with Gasteiger partial charge in [0.1, 0.15) is 12.4 Å². The maximum atomic E-state index is 5.44. The minimum Gasteiger partial charge on any atom is -0.481 e. The van der Waals surface area contributed by atoms with Gasteiger partial charge in [-0.1, -0.05) is 119 Å². The Bertz CT molecular complexity index is 1470. The van der Waals surface area contributed by atoms with Crippen molar-refractivity contribution < 1.29 is 4.74 Å². The molecule has 0 radical (unpaired) electrons. The fraction of sp³-hybridized carbons (Fsp3) is 0.211. The van der Waals surface area contributed by atoms with Crippen LogP contribution in [0.3, 0.4) is 0 Å². The van der Waals surface area contributed by atoms with Crippen molar-refractivity contribution in [1.29, 1.82) is 0 Å². The summed E-state index contributed by atoms with van der Waals surface area (Å²) in [7, 11) is 0. The van der Waals surface area contributed by atoms with Crippen LogP contribution >= 0.6 is 0 Å². The molecule has 0 bridgehead atoms. The number of terminal acetylenes is 1. The molecule has 0 atom stereocenters. The van der Waals surface area contributed by atoms with Gasteiger partial charge in [0.15, 0.2) is 0 Å². The second kappa shape index (κ2) is 18.1. The van der Waals surface area contributed by atoms with Gasteiger partial charge in [0, 0.05) is 0 Å². The van der Waals surface area contributed by atoms with Crippen molar-refractivity contribution in [2.45, 2.75) is 48.5 Å². The van der Waals surface area contributed by atoms with Crippen LogP contribution in [0, 0.1) is 19.3 Å². The van der Waals surface area contributed by atoms with Crippen molar-refractivity contribution in [2.75, 3.05) is 6.61 Å². The van der Waals surface area contributed by atoms with Crippen molar-refractivity contribution in [3.05, 3.63) is 127 Å². The molecule has 0 amide bonds. The van der Waals surface area contributed by atoms with E-state index < -0.39 is 0 Å². The highest BCUT2D eigenvalue weighted by atomic mass is 16.5. The van der Waals surface area contributed by atoms with Crippen molar-refractivity contribution in [2.24, 2.45) is 0 Å². The lowest BCUT2D eigenvalue weighted by molar-refractivity contribution is 0.371. The highest BCUT2D eigenvalue weighted by Crippen LogP contribution is 2.27. The Morgan fingerprint density at radius 3 is 1.85 bits per heavy atom. The summed E-state index contributed by atoms with van der Waals surface area (Å²) in [6.45, 7) is 13.9. The Labute approximate surface area is 237 Å². The molecule has 0 saturated heterocycles. The zero-order chi connectivity index (χ0) is 27.8. The molecule has 5 aromatic carbocycles. The summed E-state index contributed by atoms with van der Waals surface area (Å²) in [6, 6.07) is 36.0. The Balaban J connectivity index is 0.000000332. The van der Waals surface area contributed by atoms with Gasteiger partial charge in [-0.2, -0.15) is 0 Å². The van der Waals surface area contributed by atoms with Gasteiger partial charge >= 0.3 is 0 Å². The predicted octanol–water partition coefficient (Wildman–Crippen LogP) is 11.1.